The second-order valence-electron chi connectivity index (χ2n) is 3.48. The minimum Gasteiger partial charge on any atom is -0.484 e. The first-order valence-electron chi connectivity index (χ1n) is 4.48. The van der Waals surface area contributed by atoms with Gasteiger partial charge in [-0.25, -0.2) is 0 Å². The largest absolute Gasteiger partial charge is 0.484 e. The van der Waals surface area contributed by atoms with Gasteiger partial charge >= 0.3 is 0 Å². The summed E-state index contributed by atoms with van der Waals surface area (Å²) in [6, 6.07) is 10.2. The van der Waals surface area contributed by atoms with Crippen molar-refractivity contribution in [3.63, 3.8) is 0 Å². The molecule has 1 aromatic rings. The Labute approximate surface area is 78.0 Å². The molecule has 0 atom stereocenters. The normalized spacial score (nSPS) is 17.9. The number of rotatable bonds is 2. The molecule has 1 aliphatic rings. The molecule has 0 saturated heterocycles. The first-order valence-corrected chi connectivity index (χ1v) is 4.48. The van der Waals surface area contributed by atoms with Crippen LogP contribution in [0.25, 0.3) is 0 Å². The lowest BCUT2D eigenvalue weighted by atomic mass is 9.96. The van der Waals surface area contributed by atoms with Gasteiger partial charge in [0.15, 0.2) is 5.90 Å². The highest BCUT2D eigenvalue weighted by atomic mass is 16.5. The molecule has 0 bridgehead atoms. The lowest BCUT2D eigenvalue weighted by molar-refractivity contribution is 0.374. The van der Waals surface area contributed by atoms with E-state index < -0.39 is 0 Å². The molecule has 2 rings (SSSR count). The molecule has 0 unspecified atom stereocenters. The Balaban J connectivity index is 2.31. The van der Waals surface area contributed by atoms with Gasteiger partial charge in [-0.1, -0.05) is 30.3 Å². The van der Waals surface area contributed by atoms with Gasteiger partial charge < -0.3 is 4.74 Å². The zero-order chi connectivity index (χ0) is 9.31. The molecule has 1 aliphatic carbocycles. The van der Waals surface area contributed by atoms with Gasteiger partial charge in [0.05, 0.1) is 12.5 Å². The quantitative estimate of drug-likeness (QED) is 0.543. The summed E-state index contributed by atoms with van der Waals surface area (Å²) in [5.41, 5.74) is 1.12. The molecular weight excluding hydrogens is 162 g/mol. The zero-order valence-electron chi connectivity index (χ0n) is 7.71. The summed E-state index contributed by atoms with van der Waals surface area (Å²) in [5.74, 6) is 0.402. The second-order valence-corrected chi connectivity index (χ2v) is 3.48. The number of hydrogen-bond acceptors (Lipinski definition) is 2. The summed E-state index contributed by atoms with van der Waals surface area (Å²) in [4.78, 5) is 0. The van der Waals surface area contributed by atoms with Gasteiger partial charge in [0, 0.05) is 0 Å². The van der Waals surface area contributed by atoms with E-state index in [1.54, 1.807) is 7.11 Å². The van der Waals surface area contributed by atoms with E-state index in [0.717, 1.165) is 12.8 Å². The van der Waals surface area contributed by atoms with Crippen LogP contribution in [-0.4, -0.2) is 13.0 Å². The van der Waals surface area contributed by atoms with Gasteiger partial charge in [0.1, 0.15) is 0 Å². The van der Waals surface area contributed by atoms with E-state index >= 15 is 0 Å². The van der Waals surface area contributed by atoms with E-state index in [9.17, 15) is 0 Å². The van der Waals surface area contributed by atoms with Crippen molar-refractivity contribution in [2.75, 3.05) is 7.11 Å². The molecule has 13 heavy (non-hydrogen) atoms. The van der Waals surface area contributed by atoms with E-state index in [2.05, 4.69) is 12.1 Å². The predicted molar refractivity (Wildman–Crippen MR) is 52.1 cm³/mol. The van der Waals surface area contributed by atoms with E-state index in [-0.39, 0.29) is 5.41 Å². The molecule has 2 nitrogen and oxygen atoms in total. The average molecular weight is 175 g/mol. The molecule has 1 aromatic carbocycles. The average Bonchev–Trinajstić information content (AvgIpc) is 2.99. The number of methoxy groups -OCH3 is 1. The Morgan fingerprint density at radius 2 is 1.92 bits per heavy atom. The minimum absolute atomic E-state index is 0.0873. The molecule has 0 spiro atoms. The lowest BCUT2D eigenvalue weighted by Crippen LogP contribution is -2.20. The van der Waals surface area contributed by atoms with E-state index in [0.29, 0.717) is 5.90 Å². The number of hydrogen-bond donors (Lipinski definition) is 1. The third-order valence-electron chi connectivity index (χ3n) is 2.72. The van der Waals surface area contributed by atoms with Gasteiger partial charge in [0.25, 0.3) is 0 Å². The van der Waals surface area contributed by atoms with Crippen LogP contribution in [0.1, 0.15) is 18.4 Å². The second kappa shape index (κ2) is 2.87. The first-order chi connectivity index (χ1) is 6.29. The highest BCUT2D eigenvalue weighted by Gasteiger charge is 2.49. The summed E-state index contributed by atoms with van der Waals surface area (Å²) in [6.07, 6.45) is 2.09. The van der Waals surface area contributed by atoms with Gasteiger partial charge in [0.2, 0.25) is 0 Å². The molecule has 0 radical (unpaired) electrons. The summed E-state index contributed by atoms with van der Waals surface area (Å²) >= 11 is 0. The maximum atomic E-state index is 7.72. The third kappa shape index (κ3) is 1.22. The van der Waals surface area contributed by atoms with Gasteiger partial charge in [-0.15, -0.1) is 0 Å². The Hall–Kier alpha value is -1.31. The smallest absolute Gasteiger partial charge is 0.191 e. The molecule has 0 aliphatic heterocycles. The van der Waals surface area contributed by atoms with Crippen molar-refractivity contribution in [1.29, 1.82) is 5.41 Å². The Morgan fingerprint density at radius 3 is 2.38 bits per heavy atom. The predicted octanol–water partition coefficient (Wildman–Crippen LogP) is 2.34. The Kier molecular flexibility index (Phi) is 1.83. The van der Waals surface area contributed by atoms with Gasteiger partial charge in [-0.3, -0.25) is 5.41 Å². The van der Waals surface area contributed by atoms with E-state index in [1.165, 1.54) is 5.56 Å². The molecule has 1 saturated carbocycles. The fraction of sp³-hybridized carbons (Fsp3) is 0.364. The molecular formula is C11H13NO. The molecule has 2 heteroatoms. The fourth-order valence-electron chi connectivity index (χ4n) is 1.72. The monoisotopic (exact) mass is 175 g/mol. The number of nitrogens with one attached hydrogen (secondary N) is 1. The molecule has 0 amide bonds. The van der Waals surface area contributed by atoms with Crippen molar-refractivity contribution in [2.45, 2.75) is 18.3 Å². The fourth-order valence-corrected chi connectivity index (χ4v) is 1.72. The molecule has 1 fully saturated rings. The highest BCUT2D eigenvalue weighted by molar-refractivity contribution is 5.88. The van der Waals surface area contributed by atoms with Crippen molar-refractivity contribution >= 4 is 5.90 Å². The summed E-state index contributed by atoms with van der Waals surface area (Å²) in [5, 5.41) is 7.72. The van der Waals surface area contributed by atoms with Crippen molar-refractivity contribution in [3.8, 4) is 0 Å². The van der Waals surface area contributed by atoms with Crippen LogP contribution >= 0.6 is 0 Å². The molecule has 0 heterocycles. The van der Waals surface area contributed by atoms with Gasteiger partial charge in [-0.2, -0.15) is 0 Å². The van der Waals surface area contributed by atoms with Crippen LogP contribution in [0.4, 0.5) is 0 Å². The maximum Gasteiger partial charge on any atom is 0.191 e. The van der Waals surface area contributed by atoms with Crippen LogP contribution in [0.5, 0.6) is 0 Å². The number of benzene rings is 1. The van der Waals surface area contributed by atoms with Crippen LogP contribution < -0.4 is 0 Å². The molecule has 68 valence electrons. The molecule has 1 N–H and O–H groups in total. The summed E-state index contributed by atoms with van der Waals surface area (Å²) in [6.45, 7) is 0. The van der Waals surface area contributed by atoms with Crippen LogP contribution in [0, 0.1) is 5.41 Å². The van der Waals surface area contributed by atoms with Crippen LogP contribution in [-0.2, 0) is 10.2 Å². The van der Waals surface area contributed by atoms with E-state index in [1.807, 2.05) is 18.2 Å². The van der Waals surface area contributed by atoms with Crippen molar-refractivity contribution in [1.82, 2.24) is 0 Å². The summed E-state index contributed by atoms with van der Waals surface area (Å²) in [7, 11) is 1.57. The maximum absolute atomic E-state index is 7.72. The Morgan fingerprint density at radius 1 is 1.31 bits per heavy atom. The van der Waals surface area contributed by atoms with Crippen molar-refractivity contribution in [3.05, 3.63) is 35.9 Å². The van der Waals surface area contributed by atoms with Crippen LogP contribution in [0.3, 0.4) is 0 Å². The standard InChI is InChI=1S/C11H13NO/c1-13-10(12)11(7-8-11)9-5-3-2-4-6-9/h2-6,12H,7-8H2,1H3. The van der Waals surface area contributed by atoms with Crippen molar-refractivity contribution < 1.29 is 4.74 Å². The molecule has 0 aromatic heterocycles. The minimum atomic E-state index is -0.0873. The zero-order valence-corrected chi connectivity index (χ0v) is 7.71. The highest BCUT2D eigenvalue weighted by Crippen LogP contribution is 2.49. The topological polar surface area (TPSA) is 33.1 Å². The Bertz CT molecular complexity index is 314. The SMILES string of the molecule is COC(=N)C1(c2ccccc2)CC1. The third-order valence-corrected chi connectivity index (χ3v) is 2.72. The first kappa shape index (κ1) is 8.30. The summed E-state index contributed by atoms with van der Waals surface area (Å²) < 4.78 is 5.02. The van der Waals surface area contributed by atoms with Crippen LogP contribution in [0.2, 0.25) is 0 Å². The van der Waals surface area contributed by atoms with Gasteiger partial charge in [-0.05, 0) is 18.4 Å². The number of ether oxygens (including phenoxy) is 1. The van der Waals surface area contributed by atoms with E-state index in [4.69, 9.17) is 10.1 Å². The lowest BCUT2D eigenvalue weighted by Gasteiger charge is -2.15. The van der Waals surface area contributed by atoms with Crippen molar-refractivity contribution in [2.24, 2.45) is 0 Å². The van der Waals surface area contributed by atoms with Crippen LogP contribution in [0.15, 0.2) is 30.3 Å².